The summed E-state index contributed by atoms with van der Waals surface area (Å²) in [4.78, 5) is 22.3. The molecule has 0 spiro atoms. The van der Waals surface area contributed by atoms with Gasteiger partial charge in [-0.15, -0.1) is 0 Å². The molecule has 0 N–H and O–H groups in total. The minimum absolute atomic E-state index is 0. The Morgan fingerprint density at radius 1 is 1.00 bits per heavy atom. The average molecular weight is 258 g/mol. The molecule has 0 aliphatic carbocycles. The molecule has 5 nitrogen and oxygen atoms in total. The molecule has 0 saturated carbocycles. The van der Waals surface area contributed by atoms with E-state index in [2.05, 4.69) is 0 Å². The van der Waals surface area contributed by atoms with Crippen LogP contribution in [0.2, 0.25) is 0 Å². The van der Waals surface area contributed by atoms with E-state index >= 15 is 0 Å². The summed E-state index contributed by atoms with van der Waals surface area (Å²) >= 11 is 0. The predicted octanol–water partition coefficient (Wildman–Crippen LogP) is -7.93. The molecule has 2 saturated heterocycles. The van der Waals surface area contributed by atoms with E-state index in [-0.39, 0.29) is 59.1 Å². The molecule has 17 heavy (non-hydrogen) atoms. The SMILES string of the molecule is C[C@]1(C(=O)[O-])[C@@H]2CC[C@@H](O2)[C@@]1(C)C(=O)[O-].[Na+].[Na+]. The van der Waals surface area contributed by atoms with Gasteiger partial charge in [-0.2, -0.15) is 0 Å². The summed E-state index contributed by atoms with van der Waals surface area (Å²) in [7, 11) is 0. The summed E-state index contributed by atoms with van der Waals surface area (Å²) in [5.74, 6) is -2.75. The van der Waals surface area contributed by atoms with Crippen LogP contribution in [0.25, 0.3) is 0 Å². The van der Waals surface area contributed by atoms with Crippen molar-refractivity contribution in [2.45, 2.75) is 38.9 Å². The van der Waals surface area contributed by atoms with Crippen molar-refractivity contribution >= 4 is 11.9 Å². The molecule has 2 bridgehead atoms. The largest absolute Gasteiger partial charge is 1.00 e. The van der Waals surface area contributed by atoms with Crippen molar-refractivity contribution in [2.75, 3.05) is 0 Å². The van der Waals surface area contributed by atoms with Crippen molar-refractivity contribution in [2.24, 2.45) is 10.8 Å². The van der Waals surface area contributed by atoms with Crippen molar-refractivity contribution in [1.29, 1.82) is 0 Å². The molecule has 0 amide bonds. The van der Waals surface area contributed by atoms with Crippen LogP contribution in [0.15, 0.2) is 0 Å². The zero-order valence-electron chi connectivity index (χ0n) is 10.6. The van der Waals surface area contributed by atoms with Crippen molar-refractivity contribution in [3.8, 4) is 0 Å². The molecule has 2 heterocycles. The van der Waals surface area contributed by atoms with Gasteiger partial charge < -0.3 is 24.5 Å². The van der Waals surface area contributed by atoms with Crippen LogP contribution in [0, 0.1) is 10.8 Å². The van der Waals surface area contributed by atoms with Crippen LogP contribution in [0.4, 0.5) is 0 Å². The standard InChI is InChI=1S/C10H14O5.2Na/c1-9(7(11)12)5-3-4-6(15-5)10(9,2)8(13)14;;/h5-6H,3-4H2,1-2H3,(H,11,12)(H,13,14);;/q;2*+1/p-2/t5-,6+,9+,10-;;. The molecule has 2 aliphatic heterocycles. The van der Waals surface area contributed by atoms with Gasteiger partial charge >= 0.3 is 59.1 Å². The summed E-state index contributed by atoms with van der Waals surface area (Å²) in [6.07, 6.45) is -0.0125. The molecule has 0 radical (unpaired) electrons. The first-order valence-corrected chi connectivity index (χ1v) is 4.93. The summed E-state index contributed by atoms with van der Waals surface area (Å²) in [6.45, 7) is 2.75. The number of rotatable bonds is 2. The second kappa shape index (κ2) is 5.49. The molecule has 0 aromatic carbocycles. The average Bonchev–Trinajstić information content (AvgIpc) is 2.69. The number of fused-ring (bicyclic) bond motifs is 2. The van der Waals surface area contributed by atoms with Gasteiger partial charge in [0.1, 0.15) is 0 Å². The van der Waals surface area contributed by atoms with Gasteiger partial charge in [-0.25, -0.2) is 0 Å². The molecule has 4 atom stereocenters. The van der Waals surface area contributed by atoms with Crippen LogP contribution in [0.1, 0.15) is 26.7 Å². The summed E-state index contributed by atoms with van der Waals surface area (Å²) in [6, 6.07) is 0. The van der Waals surface area contributed by atoms with E-state index in [0.29, 0.717) is 12.8 Å². The van der Waals surface area contributed by atoms with E-state index in [0.717, 1.165) is 0 Å². The molecule has 84 valence electrons. The van der Waals surface area contributed by atoms with Gasteiger partial charge in [-0.05, 0) is 12.8 Å². The molecular formula is C10H12Na2O5. The van der Waals surface area contributed by atoms with Crippen LogP contribution in [-0.2, 0) is 14.3 Å². The number of carbonyl (C=O) groups excluding carboxylic acids is 2. The molecule has 2 rings (SSSR count). The zero-order chi connectivity index (χ0) is 11.4. The number of hydrogen-bond acceptors (Lipinski definition) is 5. The molecule has 0 aromatic heterocycles. The maximum absolute atomic E-state index is 11.2. The summed E-state index contributed by atoms with van der Waals surface area (Å²) in [5, 5.41) is 22.3. The van der Waals surface area contributed by atoms with Crippen molar-refractivity contribution in [3.63, 3.8) is 0 Å². The molecule has 7 heteroatoms. The van der Waals surface area contributed by atoms with E-state index in [1.54, 1.807) is 0 Å². The summed E-state index contributed by atoms with van der Waals surface area (Å²) in [5.41, 5.74) is -2.98. The van der Waals surface area contributed by atoms with Crippen molar-refractivity contribution in [1.82, 2.24) is 0 Å². The Labute approximate surface area is 144 Å². The third-order valence-electron chi connectivity index (χ3n) is 4.23. The molecule has 2 aliphatic rings. The number of carbonyl (C=O) groups is 2. The minimum atomic E-state index is -1.49. The third kappa shape index (κ3) is 2.04. The van der Waals surface area contributed by atoms with Gasteiger partial charge in [0, 0.05) is 10.8 Å². The van der Waals surface area contributed by atoms with Crippen LogP contribution in [0.5, 0.6) is 0 Å². The fraction of sp³-hybridized carbons (Fsp3) is 0.800. The Kier molecular flexibility index (Phi) is 5.78. The van der Waals surface area contributed by atoms with Crippen LogP contribution in [-0.4, -0.2) is 24.1 Å². The van der Waals surface area contributed by atoms with E-state index in [9.17, 15) is 19.8 Å². The van der Waals surface area contributed by atoms with Gasteiger partial charge in [0.2, 0.25) is 0 Å². The first-order chi connectivity index (χ1) is 6.85. The third-order valence-corrected chi connectivity index (χ3v) is 4.23. The maximum Gasteiger partial charge on any atom is 1.00 e. The smallest absolute Gasteiger partial charge is 0.549 e. The van der Waals surface area contributed by atoms with Gasteiger partial charge in [0.15, 0.2) is 0 Å². The maximum atomic E-state index is 11.2. The molecule has 0 aromatic rings. The first-order valence-electron chi connectivity index (χ1n) is 4.93. The number of hydrogen-bond donors (Lipinski definition) is 0. The minimum Gasteiger partial charge on any atom is -0.549 e. The number of ether oxygens (including phenoxy) is 1. The van der Waals surface area contributed by atoms with Crippen molar-refractivity contribution in [3.05, 3.63) is 0 Å². The van der Waals surface area contributed by atoms with Crippen LogP contribution in [0.3, 0.4) is 0 Å². The number of carboxylic acids is 2. The monoisotopic (exact) mass is 258 g/mol. The quantitative estimate of drug-likeness (QED) is 0.459. The van der Waals surface area contributed by atoms with Gasteiger partial charge in [-0.1, -0.05) is 13.8 Å². The van der Waals surface area contributed by atoms with Gasteiger partial charge in [0.05, 0.1) is 24.1 Å². The zero-order valence-corrected chi connectivity index (χ0v) is 14.6. The number of aliphatic carboxylic acids is 2. The molecular weight excluding hydrogens is 246 g/mol. The Bertz CT molecular complexity index is 316. The Morgan fingerprint density at radius 2 is 1.29 bits per heavy atom. The second-order valence-electron chi connectivity index (χ2n) is 4.67. The Morgan fingerprint density at radius 3 is 1.53 bits per heavy atom. The Balaban J connectivity index is 0.00000128. The second-order valence-corrected chi connectivity index (χ2v) is 4.67. The van der Waals surface area contributed by atoms with Gasteiger partial charge in [-0.3, -0.25) is 0 Å². The number of carboxylic acid groups (broad SMARTS) is 2. The van der Waals surface area contributed by atoms with E-state index < -0.39 is 35.0 Å². The Hall–Kier alpha value is 0.900. The molecule has 2 fully saturated rings. The normalized spacial score (nSPS) is 42.5. The van der Waals surface area contributed by atoms with Crippen LogP contribution < -0.4 is 69.3 Å². The van der Waals surface area contributed by atoms with E-state index in [4.69, 9.17) is 4.74 Å². The van der Waals surface area contributed by atoms with Crippen molar-refractivity contribution < 1.29 is 83.7 Å². The fourth-order valence-corrected chi connectivity index (χ4v) is 2.84. The predicted molar refractivity (Wildman–Crippen MR) is 44.1 cm³/mol. The first kappa shape index (κ1) is 17.9. The van der Waals surface area contributed by atoms with E-state index in [1.165, 1.54) is 13.8 Å². The van der Waals surface area contributed by atoms with Gasteiger partial charge in [0.25, 0.3) is 0 Å². The molecule has 0 unspecified atom stereocenters. The summed E-state index contributed by atoms with van der Waals surface area (Å²) < 4.78 is 5.38. The fourth-order valence-electron chi connectivity index (χ4n) is 2.84. The topological polar surface area (TPSA) is 89.5 Å². The van der Waals surface area contributed by atoms with Crippen LogP contribution >= 0.6 is 0 Å². The van der Waals surface area contributed by atoms with E-state index in [1.807, 2.05) is 0 Å².